The first kappa shape index (κ1) is 15.8. The quantitative estimate of drug-likeness (QED) is 0.439. The summed E-state index contributed by atoms with van der Waals surface area (Å²) < 4.78 is 46.4. The van der Waals surface area contributed by atoms with Gasteiger partial charge in [0, 0.05) is 12.8 Å². The Hall–Kier alpha value is -0.250. The van der Waals surface area contributed by atoms with Crippen LogP contribution in [0, 0.1) is 0 Å². The van der Waals surface area contributed by atoms with Gasteiger partial charge in [-0.15, -0.1) is 0 Å². The van der Waals surface area contributed by atoms with Crippen LogP contribution < -0.4 is 10.5 Å². The summed E-state index contributed by atoms with van der Waals surface area (Å²) in [7, 11) is -6.79. The van der Waals surface area contributed by atoms with Crippen LogP contribution in [0.3, 0.4) is 0 Å². The highest BCUT2D eigenvalue weighted by atomic mass is 32.2. The number of sulfone groups is 1. The van der Waals surface area contributed by atoms with Crippen molar-refractivity contribution in [1.29, 1.82) is 0 Å². The van der Waals surface area contributed by atoms with Gasteiger partial charge < -0.3 is 5.73 Å². The second-order valence-corrected chi connectivity index (χ2v) is 8.12. The topological polar surface area (TPSA) is 106 Å². The average Bonchev–Trinajstić information content (AvgIpc) is 2.08. The van der Waals surface area contributed by atoms with Gasteiger partial charge in [0.1, 0.15) is 9.84 Å². The van der Waals surface area contributed by atoms with Crippen molar-refractivity contribution in [2.75, 3.05) is 24.3 Å². The molecule has 0 aromatic carbocycles. The number of nitrogens with one attached hydrogen (secondary N) is 1. The van der Waals surface area contributed by atoms with Gasteiger partial charge in [-0.05, 0) is 12.8 Å². The SMILES string of the molecule is CS(=O)(=O)CCS(=O)(=O)NCCCC(N)=S. The maximum Gasteiger partial charge on any atom is 0.212 e. The van der Waals surface area contributed by atoms with Crippen LogP contribution in [0.4, 0.5) is 0 Å². The van der Waals surface area contributed by atoms with Crippen molar-refractivity contribution in [3.8, 4) is 0 Å². The molecule has 0 atom stereocenters. The second-order valence-electron chi connectivity index (χ2n) is 3.41. The van der Waals surface area contributed by atoms with Gasteiger partial charge in [0.05, 0.1) is 16.5 Å². The Balaban J connectivity index is 3.93. The molecule has 96 valence electrons. The van der Waals surface area contributed by atoms with Crippen LogP contribution in [0.2, 0.25) is 0 Å². The molecule has 0 aromatic heterocycles. The third-order valence-corrected chi connectivity index (χ3v) is 4.44. The summed E-state index contributed by atoms with van der Waals surface area (Å²) in [5.41, 5.74) is 5.23. The van der Waals surface area contributed by atoms with E-state index in [1.165, 1.54) is 0 Å². The zero-order valence-corrected chi connectivity index (χ0v) is 11.4. The summed E-state index contributed by atoms with van der Waals surface area (Å²) in [6.07, 6.45) is 1.97. The van der Waals surface area contributed by atoms with Crippen LogP contribution in [0.25, 0.3) is 0 Å². The molecular formula is C7H16N2O4S3. The van der Waals surface area contributed by atoms with Gasteiger partial charge in [0.15, 0.2) is 0 Å². The third kappa shape index (κ3) is 10.3. The van der Waals surface area contributed by atoms with Crippen molar-refractivity contribution >= 4 is 37.1 Å². The number of hydrogen-bond acceptors (Lipinski definition) is 5. The summed E-state index contributed by atoms with van der Waals surface area (Å²) in [6, 6.07) is 0. The van der Waals surface area contributed by atoms with Crippen molar-refractivity contribution < 1.29 is 16.8 Å². The van der Waals surface area contributed by atoms with E-state index in [1.54, 1.807) is 0 Å². The zero-order chi connectivity index (χ0) is 12.8. The fourth-order valence-corrected chi connectivity index (χ4v) is 3.66. The second kappa shape index (κ2) is 6.48. The highest BCUT2D eigenvalue weighted by Crippen LogP contribution is 1.92. The predicted octanol–water partition coefficient (Wildman–Crippen LogP) is -0.983. The van der Waals surface area contributed by atoms with Gasteiger partial charge in [-0.2, -0.15) is 0 Å². The molecule has 0 spiro atoms. The minimum Gasteiger partial charge on any atom is -0.393 e. The van der Waals surface area contributed by atoms with Gasteiger partial charge >= 0.3 is 0 Å². The molecular weight excluding hydrogens is 272 g/mol. The monoisotopic (exact) mass is 288 g/mol. The molecule has 0 unspecified atom stereocenters. The maximum absolute atomic E-state index is 11.3. The number of hydrogen-bond donors (Lipinski definition) is 2. The Morgan fingerprint density at radius 3 is 2.25 bits per heavy atom. The smallest absolute Gasteiger partial charge is 0.212 e. The van der Waals surface area contributed by atoms with E-state index in [0.29, 0.717) is 17.8 Å². The van der Waals surface area contributed by atoms with Crippen LogP contribution >= 0.6 is 12.2 Å². The van der Waals surface area contributed by atoms with Crippen LogP contribution in [0.15, 0.2) is 0 Å². The van der Waals surface area contributed by atoms with Gasteiger partial charge in [-0.3, -0.25) is 0 Å². The Morgan fingerprint density at radius 1 is 1.25 bits per heavy atom. The van der Waals surface area contributed by atoms with E-state index in [-0.39, 0.29) is 12.3 Å². The van der Waals surface area contributed by atoms with E-state index in [0.717, 1.165) is 6.26 Å². The molecule has 9 heteroatoms. The molecule has 0 bridgehead atoms. The number of rotatable bonds is 8. The van der Waals surface area contributed by atoms with Gasteiger partial charge in [0.25, 0.3) is 0 Å². The van der Waals surface area contributed by atoms with Crippen molar-refractivity contribution in [1.82, 2.24) is 4.72 Å². The first-order chi connectivity index (χ1) is 7.12. The summed E-state index contributed by atoms with van der Waals surface area (Å²) in [4.78, 5) is 0.329. The third-order valence-electron chi connectivity index (χ3n) is 1.64. The lowest BCUT2D eigenvalue weighted by molar-refractivity contribution is 0.577. The van der Waals surface area contributed by atoms with E-state index in [2.05, 4.69) is 16.9 Å². The van der Waals surface area contributed by atoms with Crippen LogP contribution in [-0.2, 0) is 19.9 Å². The zero-order valence-electron chi connectivity index (χ0n) is 8.97. The molecule has 0 saturated carbocycles. The van der Waals surface area contributed by atoms with Crippen LogP contribution in [-0.4, -0.2) is 46.1 Å². The van der Waals surface area contributed by atoms with Crippen molar-refractivity contribution in [2.24, 2.45) is 5.73 Å². The molecule has 0 aliphatic heterocycles. The molecule has 0 radical (unpaired) electrons. The highest BCUT2D eigenvalue weighted by molar-refractivity contribution is 7.93. The van der Waals surface area contributed by atoms with E-state index in [1.807, 2.05) is 0 Å². The lowest BCUT2D eigenvalue weighted by Gasteiger charge is -2.05. The lowest BCUT2D eigenvalue weighted by atomic mass is 10.3. The van der Waals surface area contributed by atoms with Gasteiger partial charge in [-0.1, -0.05) is 12.2 Å². The minimum absolute atomic E-state index is 0.212. The molecule has 3 N–H and O–H groups in total. The molecule has 6 nitrogen and oxygen atoms in total. The first-order valence-corrected chi connectivity index (χ1v) is 8.68. The summed E-state index contributed by atoms with van der Waals surface area (Å²) in [6.45, 7) is 0.212. The average molecular weight is 288 g/mol. The fraction of sp³-hybridized carbons (Fsp3) is 0.857. The van der Waals surface area contributed by atoms with E-state index >= 15 is 0 Å². The predicted molar refractivity (Wildman–Crippen MR) is 67.5 cm³/mol. The van der Waals surface area contributed by atoms with Crippen molar-refractivity contribution in [3.05, 3.63) is 0 Å². The summed E-state index contributed by atoms with van der Waals surface area (Å²) >= 11 is 4.62. The van der Waals surface area contributed by atoms with Crippen LogP contribution in [0.5, 0.6) is 0 Å². The number of thiocarbonyl (C=S) groups is 1. The molecule has 0 heterocycles. The molecule has 16 heavy (non-hydrogen) atoms. The lowest BCUT2D eigenvalue weighted by Crippen LogP contribution is -2.30. The first-order valence-electron chi connectivity index (χ1n) is 4.56. The standard InChI is InChI=1S/C7H16N2O4S3/c1-15(10,11)5-6-16(12,13)9-4-2-3-7(8)14/h9H,2-6H2,1H3,(H2,8,14). The molecule has 0 aliphatic carbocycles. The summed E-state index contributed by atoms with van der Waals surface area (Å²) in [5.74, 6) is -0.795. The fourth-order valence-electron chi connectivity index (χ4n) is 0.824. The molecule has 0 aromatic rings. The normalized spacial score (nSPS) is 12.6. The largest absolute Gasteiger partial charge is 0.393 e. The highest BCUT2D eigenvalue weighted by Gasteiger charge is 2.13. The Labute approximate surface area is 102 Å². The van der Waals surface area contributed by atoms with E-state index in [9.17, 15) is 16.8 Å². The molecule has 0 amide bonds. The number of sulfonamides is 1. The maximum atomic E-state index is 11.3. The Morgan fingerprint density at radius 2 is 1.81 bits per heavy atom. The number of nitrogens with two attached hydrogens (primary N) is 1. The molecule has 0 fully saturated rings. The van der Waals surface area contributed by atoms with Crippen LogP contribution in [0.1, 0.15) is 12.8 Å². The summed E-state index contributed by atoms with van der Waals surface area (Å²) in [5, 5.41) is 0. The van der Waals surface area contributed by atoms with Gasteiger partial charge in [0.2, 0.25) is 10.0 Å². The van der Waals surface area contributed by atoms with E-state index in [4.69, 9.17) is 5.73 Å². The van der Waals surface area contributed by atoms with Crippen molar-refractivity contribution in [2.45, 2.75) is 12.8 Å². The molecule has 0 saturated heterocycles. The molecule has 0 aliphatic rings. The Bertz CT molecular complexity index is 427. The van der Waals surface area contributed by atoms with E-state index < -0.39 is 25.6 Å². The van der Waals surface area contributed by atoms with Gasteiger partial charge in [-0.25, -0.2) is 21.6 Å². The molecule has 0 rings (SSSR count). The Kier molecular flexibility index (Phi) is 6.38. The van der Waals surface area contributed by atoms with Crippen molar-refractivity contribution in [3.63, 3.8) is 0 Å². The minimum atomic E-state index is -3.53.